The minimum Gasteiger partial charge on any atom is -0.507 e. The van der Waals surface area contributed by atoms with E-state index in [4.69, 9.17) is 21.1 Å². The van der Waals surface area contributed by atoms with Crippen LogP contribution in [-0.4, -0.2) is 41.0 Å². The van der Waals surface area contributed by atoms with Crippen molar-refractivity contribution in [3.05, 3.63) is 80.3 Å². The first kappa shape index (κ1) is 27.3. The van der Waals surface area contributed by atoms with Gasteiger partial charge in [0, 0.05) is 10.6 Å². The lowest BCUT2D eigenvalue weighted by Crippen LogP contribution is -2.29. The van der Waals surface area contributed by atoms with Crippen LogP contribution in [0, 0.1) is 13.8 Å². The predicted molar refractivity (Wildman–Crippen MR) is 146 cm³/mol. The van der Waals surface area contributed by atoms with Gasteiger partial charge in [0.15, 0.2) is 5.13 Å². The Kier molecular flexibility index (Phi) is 8.18. The molecule has 1 saturated heterocycles. The van der Waals surface area contributed by atoms with Crippen molar-refractivity contribution in [3.8, 4) is 5.75 Å². The summed E-state index contributed by atoms with van der Waals surface area (Å²) < 4.78 is 10.8. The SMILES string of the molecule is CCCOc1ccc(C(O)=C2C(=O)C(=O)N(c3nc(C)c(C(=O)OCC)s3)[C@H]2c2cccc(Cl)c2)cc1C. The highest BCUT2D eigenvalue weighted by molar-refractivity contribution is 7.17. The van der Waals surface area contributed by atoms with Crippen LogP contribution in [0.15, 0.2) is 48.0 Å². The number of aliphatic hydroxyl groups excluding tert-OH is 1. The number of aliphatic hydroxyl groups is 1. The molecule has 0 spiro atoms. The average Bonchev–Trinajstić information content (AvgIpc) is 3.39. The molecule has 1 N–H and O–H groups in total. The summed E-state index contributed by atoms with van der Waals surface area (Å²) in [4.78, 5) is 45.1. The molecule has 2 aromatic carbocycles. The van der Waals surface area contributed by atoms with Crippen molar-refractivity contribution in [1.29, 1.82) is 0 Å². The van der Waals surface area contributed by atoms with E-state index in [9.17, 15) is 19.5 Å². The van der Waals surface area contributed by atoms with Crippen LogP contribution in [-0.2, 0) is 14.3 Å². The number of rotatable bonds is 8. The number of amides is 1. The number of carbonyl (C=O) groups is 3. The molecule has 198 valence electrons. The molecule has 2 heterocycles. The summed E-state index contributed by atoms with van der Waals surface area (Å²) in [6.07, 6.45) is 0.846. The maximum absolute atomic E-state index is 13.4. The van der Waals surface area contributed by atoms with Crippen molar-refractivity contribution in [2.75, 3.05) is 18.1 Å². The van der Waals surface area contributed by atoms with Crippen molar-refractivity contribution in [1.82, 2.24) is 4.98 Å². The van der Waals surface area contributed by atoms with Gasteiger partial charge in [-0.15, -0.1) is 0 Å². The van der Waals surface area contributed by atoms with Crippen molar-refractivity contribution in [3.63, 3.8) is 0 Å². The molecule has 0 unspecified atom stereocenters. The number of ether oxygens (including phenoxy) is 2. The van der Waals surface area contributed by atoms with E-state index in [1.54, 1.807) is 56.3 Å². The molecular formula is C28H27ClN2O6S. The molecule has 10 heteroatoms. The highest BCUT2D eigenvalue weighted by atomic mass is 35.5. The number of hydrogen-bond acceptors (Lipinski definition) is 8. The number of hydrogen-bond donors (Lipinski definition) is 1. The van der Waals surface area contributed by atoms with Gasteiger partial charge in [0.1, 0.15) is 16.4 Å². The van der Waals surface area contributed by atoms with E-state index in [1.807, 2.05) is 13.8 Å². The van der Waals surface area contributed by atoms with Crippen molar-refractivity contribution >= 4 is 51.5 Å². The third kappa shape index (κ3) is 5.16. The highest BCUT2D eigenvalue weighted by Crippen LogP contribution is 2.44. The molecule has 3 aromatic rings. The zero-order valence-corrected chi connectivity index (χ0v) is 23.0. The van der Waals surface area contributed by atoms with Crippen LogP contribution in [0.1, 0.15) is 58.4 Å². The van der Waals surface area contributed by atoms with Crippen molar-refractivity contribution < 1.29 is 29.0 Å². The molecule has 1 atom stereocenters. The monoisotopic (exact) mass is 554 g/mol. The molecule has 1 fully saturated rings. The molecule has 0 bridgehead atoms. The van der Waals surface area contributed by atoms with Gasteiger partial charge in [-0.05, 0) is 68.7 Å². The molecule has 0 aliphatic carbocycles. The van der Waals surface area contributed by atoms with Crippen LogP contribution < -0.4 is 9.64 Å². The number of Topliss-reactive ketones (excluding diaryl/α,β-unsaturated/α-hetero) is 1. The zero-order chi connectivity index (χ0) is 27.6. The number of anilines is 1. The summed E-state index contributed by atoms with van der Waals surface area (Å²) >= 11 is 7.21. The highest BCUT2D eigenvalue weighted by Gasteiger charge is 2.48. The van der Waals surface area contributed by atoms with Crippen LogP contribution in [0.3, 0.4) is 0 Å². The lowest BCUT2D eigenvalue weighted by molar-refractivity contribution is -0.132. The predicted octanol–water partition coefficient (Wildman–Crippen LogP) is 6.01. The quantitative estimate of drug-likeness (QED) is 0.157. The van der Waals surface area contributed by atoms with Crippen LogP contribution in [0.2, 0.25) is 5.02 Å². The Balaban J connectivity index is 1.87. The van der Waals surface area contributed by atoms with Crippen molar-refractivity contribution in [2.24, 2.45) is 0 Å². The van der Waals surface area contributed by atoms with Gasteiger partial charge in [-0.3, -0.25) is 14.5 Å². The number of esters is 1. The molecule has 0 saturated carbocycles. The molecule has 0 radical (unpaired) electrons. The molecule has 1 aliphatic heterocycles. The molecule has 1 amide bonds. The van der Waals surface area contributed by atoms with Gasteiger partial charge < -0.3 is 14.6 Å². The van der Waals surface area contributed by atoms with Crippen LogP contribution in [0.25, 0.3) is 5.76 Å². The summed E-state index contributed by atoms with van der Waals surface area (Å²) in [6, 6.07) is 10.7. The van der Waals surface area contributed by atoms with E-state index >= 15 is 0 Å². The lowest BCUT2D eigenvalue weighted by Gasteiger charge is -2.23. The molecule has 38 heavy (non-hydrogen) atoms. The number of benzene rings is 2. The molecular weight excluding hydrogens is 528 g/mol. The zero-order valence-electron chi connectivity index (χ0n) is 21.4. The topological polar surface area (TPSA) is 106 Å². The summed E-state index contributed by atoms with van der Waals surface area (Å²) in [5, 5.41) is 11.9. The van der Waals surface area contributed by atoms with E-state index < -0.39 is 23.7 Å². The second kappa shape index (κ2) is 11.4. The Morgan fingerprint density at radius 3 is 2.58 bits per heavy atom. The Morgan fingerprint density at radius 1 is 1.16 bits per heavy atom. The van der Waals surface area contributed by atoms with E-state index in [0.29, 0.717) is 34.2 Å². The van der Waals surface area contributed by atoms with Crippen molar-refractivity contribution in [2.45, 2.75) is 40.2 Å². The van der Waals surface area contributed by atoms with E-state index in [0.717, 1.165) is 23.3 Å². The Hall–Kier alpha value is -3.69. The third-order valence-electron chi connectivity index (χ3n) is 5.97. The van der Waals surface area contributed by atoms with Crippen LogP contribution in [0.4, 0.5) is 5.13 Å². The summed E-state index contributed by atoms with van der Waals surface area (Å²) in [7, 11) is 0. The number of carbonyl (C=O) groups excluding carboxylic acids is 3. The second-order valence-electron chi connectivity index (χ2n) is 8.68. The first-order valence-corrected chi connectivity index (χ1v) is 13.3. The summed E-state index contributed by atoms with van der Waals surface area (Å²) in [6.45, 7) is 7.89. The number of thiazole rings is 1. The number of ketones is 1. The van der Waals surface area contributed by atoms with Gasteiger partial charge in [-0.2, -0.15) is 0 Å². The van der Waals surface area contributed by atoms with E-state index in [1.165, 1.54) is 4.90 Å². The summed E-state index contributed by atoms with van der Waals surface area (Å²) in [5.74, 6) is -1.98. The van der Waals surface area contributed by atoms with E-state index in [2.05, 4.69) is 4.98 Å². The molecule has 1 aliphatic rings. The fourth-order valence-corrected chi connectivity index (χ4v) is 5.41. The standard InChI is InChI=1S/C28H27ClN2O6S/c1-5-12-37-20-11-10-18(13-15(20)3)23(32)21-22(17-8-7-9-19(29)14-17)31(26(34)24(21)33)28-30-16(4)25(38-28)27(35)36-6-2/h7-11,13-14,22,32H,5-6,12H2,1-4H3/t22-/m0/s1. The fourth-order valence-electron chi connectivity index (χ4n) is 4.22. The molecule has 8 nitrogen and oxygen atoms in total. The van der Waals surface area contributed by atoms with Gasteiger partial charge in [-0.25, -0.2) is 9.78 Å². The maximum atomic E-state index is 13.4. The van der Waals surface area contributed by atoms with Gasteiger partial charge in [-0.1, -0.05) is 42.0 Å². The van der Waals surface area contributed by atoms with E-state index in [-0.39, 0.29) is 27.9 Å². The first-order valence-electron chi connectivity index (χ1n) is 12.1. The van der Waals surface area contributed by atoms with Crippen LogP contribution >= 0.6 is 22.9 Å². The number of nitrogens with zero attached hydrogens (tertiary/aromatic N) is 2. The molecule has 4 rings (SSSR count). The minimum absolute atomic E-state index is 0.107. The molecule has 1 aromatic heterocycles. The Morgan fingerprint density at radius 2 is 1.92 bits per heavy atom. The average molecular weight is 555 g/mol. The van der Waals surface area contributed by atoms with Gasteiger partial charge in [0.05, 0.1) is 30.5 Å². The maximum Gasteiger partial charge on any atom is 0.350 e. The van der Waals surface area contributed by atoms with Gasteiger partial charge >= 0.3 is 11.9 Å². The van der Waals surface area contributed by atoms with Crippen LogP contribution in [0.5, 0.6) is 5.75 Å². The largest absolute Gasteiger partial charge is 0.507 e. The normalized spacial score (nSPS) is 16.7. The Bertz CT molecular complexity index is 1450. The Labute approximate surface area is 229 Å². The number of aryl methyl sites for hydroxylation is 2. The third-order valence-corrected chi connectivity index (χ3v) is 7.34. The number of aromatic nitrogens is 1. The first-order chi connectivity index (χ1) is 18.2. The van der Waals surface area contributed by atoms with Gasteiger partial charge in [0.2, 0.25) is 0 Å². The minimum atomic E-state index is -1.02. The lowest BCUT2D eigenvalue weighted by atomic mass is 9.95. The fraction of sp³-hybridized carbons (Fsp3) is 0.286. The number of halogens is 1. The summed E-state index contributed by atoms with van der Waals surface area (Å²) in [5.41, 5.74) is 1.89. The smallest absolute Gasteiger partial charge is 0.350 e. The van der Waals surface area contributed by atoms with Gasteiger partial charge in [0.25, 0.3) is 5.78 Å². The second-order valence-corrected chi connectivity index (χ2v) is 10.1.